The summed E-state index contributed by atoms with van der Waals surface area (Å²) in [6.07, 6.45) is 0.174. The van der Waals surface area contributed by atoms with Gasteiger partial charge in [-0.2, -0.15) is 13.2 Å². The molecule has 0 bridgehead atoms. The number of carbonyl (C=O) groups excluding carboxylic acids is 1. The first kappa shape index (κ1) is 22.1. The summed E-state index contributed by atoms with van der Waals surface area (Å²) in [5, 5.41) is 5.90. The molecule has 160 valence electrons. The molecule has 2 aromatic rings. The highest BCUT2D eigenvalue weighted by Gasteiger charge is 2.36. The van der Waals surface area contributed by atoms with Gasteiger partial charge in [-0.25, -0.2) is 0 Å². The van der Waals surface area contributed by atoms with Crippen molar-refractivity contribution in [2.24, 2.45) is 0 Å². The fourth-order valence-electron chi connectivity index (χ4n) is 3.79. The molecule has 1 amide bonds. The number of alkyl halides is 3. The number of amides is 1. The van der Waals surface area contributed by atoms with Gasteiger partial charge in [0, 0.05) is 32.7 Å². The summed E-state index contributed by atoms with van der Waals surface area (Å²) in [5.74, 6) is -0.0805. The van der Waals surface area contributed by atoms with Crippen LogP contribution < -0.4 is 10.6 Å². The number of benzene rings is 2. The molecule has 0 spiro atoms. The van der Waals surface area contributed by atoms with E-state index >= 15 is 0 Å². The molecule has 0 aliphatic carbocycles. The molecule has 2 N–H and O–H groups in total. The van der Waals surface area contributed by atoms with E-state index in [2.05, 4.69) is 10.6 Å². The van der Waals surface area contributed by atoms with E-state index in [1.165, 1.54) is 12.1 Å². The Hall–Kier alpha value is -2.64. The Labute approximate surface area is 174 Å². The molecule has 0 saturated carbocycles. The monoisotopic (exact) mass is 417 g/mol. The van der Waals surface area contributed by atoms with Gasteiger partial charge < -0.3 is 10.6 Å². The summed E-state index contributed by atoms with van der Waals surface area (Å²) in [6.45, 7) is 1.28. The van der Waals surface area contributed by atoms with E-state index in [1.54, 1.807) is 13.1 Å². The summed E-state index contributed by atoms with van der Waals surface area (Å²) >= 11 is 0. The molecule has 30 heavy (non-hydrogen) atoms. The van der Waals surface area contributed by atoms with E-state index in [0.29, 0.717) is 19.5 Å². The fraction of sp³-hybridized carbons (Fsp3) is 0.348. The second-order valence-electron chi connectivity index (χ2n) is 7.37. The number of likely N-dealkylation sites (N-methyl/N-ethyl adjacent to an activating group) is 1. The van der Waals surface area contributed by atoms with Gasteiger partial charge in [0.05, 0.1) is 11.6 Å². The number of nitrogens with one attached hydrogen (secondary N) is 2. The minimum absolute atomic E-state index is 0.0706. The van der Waals surface area contributed by atoms with Crippen LogP contribution in [0.4, 0.5) is 13.2 Å². The lowest BCUT2D eigenvalue weighted by Gasteiger charge is -2.21. The lowest BCUT2D eigenvalue weighted by molar-refractivity contribution is -0.138. The molecular weight excluding hydrogens is 391 g/mol. The maximum atomic E-state index is 13.2. The highest BCUT2D eigenvalue weighted by atomic mass is 19.4. The van der Waals surface area contributed by atoms with Crippen molar-refractivity contribution >= 4 is 12.0 Å². The predicted molar refractivity (Wildman–Crippen MR) is 112 cm³/mol. The van der Waals surface area contributed by atoms with Gasteiger partial charge in [-0.1, -0.05) is 60.7 Å². The molecule has 7 heteroatoms. The van der Waals surface area contributed by atoms with Gasteiger partial charge in [0.2, 0.25) is 5.91 Å². The number of nitrogens with zero attached hydrogens (tertiary/aromatic N) is 1. The number of hydrogen-bond donors (Lipinski definition) is 2. The van der Waals surface area contributed by atoms with Crippen LogP contribution in [0.3, 0.4) is 0 Å². The first-order chi connectivity index (χ1) is 14.4. The van der Waals surface area contributed by atoms with Crippen molar-refractivity contribution in [1.82, 2.24) is 15.5 Å². The Balaban J connectivity index is 1.63. The standard InChI is InChI=1S/C23H26F3N3O/c1-27-22(30)21-14-19(16-29(21)13-7-10-17-8-3-2-4-9-17)28-15-18-11-5-6-12-20(18)23(24,25)26/h2-12,19,21,28H,13-16H2,1H3,(H,27,30)/b10-7+/t19-,21-/m0/s1. The fourth-order valence-corrected chi connectivity index (χ4v) is 3.79. The van der Waals surface area contributed by atoms with Gasteiger partial charge in [-0.15, -0.1) is 0 Å². The average molecular weight is 417 g/mol. The van der Waals surface area contributed by atoms with E-state index in [1.807, 2.05) is 47.4 Å². The summed E-state index contributed by atoms with van der Waals surface area (Å²) in [4.78, 5) is 14.4. The van der Waals surface area contributed by atoms with Crippen LogP contribution in [0.25, 0.3) is 6.08 Å². The Morgan fingerprint density at radius 1 is 1.13 bits per heavy atom. The molecule has 0 aromatic heterocycles. The number of hydrogen-bond acceptors (Lipinski definition) is 3. The lowest BCUT2D eigenvalue weighted by Crippen LogP contribution is -2.41. The van der Waals surface area contributed by atoms with Crippen molar-refractivity contribution in [3.63, 3.8) is 0 Å². The third-order valence-electron chi connectivity index (χ3n) is 5.31. The van der Waals surface area contributed by atoms with Crippen molar-refractivity contribution in [2.45, 2.75) is 31.2 Å². The molecule has 1 fully saturated rings. The smallest absolute Gasteiger partial charge is 0.358 e. The summed E-state index contributed by atoms with van der Waals surface area (Å²) in [5.41, 5.74) is 0.663. The molecule has 2 atom stereocenters. The molecule has 1 aliphatic heterocycles. The molecule has 2 aromatic carbocycles. The third-order valence-corrected chi connectivity index (χ3v) is 5.31. The highest BCUT2D eigenvalue weighted by molar-refractivity contribution is 5.82. The van der Waals surface area contributed by atoms with E-state index in [9.17, 15) is 18.0 Å². The molecular formula is C23H26F3N3O. The van der Waals surface area contributed by atoms with Crippen molar-refractivity contribution < 1.29 is 18.0 Å². The van der Waals surface area contributed by atoms with Gasteiger partial charge in [0.25, 0.3) is 0 Å². The van der Waals surface area contributed by atoms with Crippen molar-refractivity contribution in [3.8, 4) is 0 Å². The van der Waals surface area contributed by atoms with Gasteiger partial charge in [0.15, 0.2) is 0 Å². The second kappa shape index (κ2) is 9.91. The number of halogens is 3. The van der Waals surface area contributed by atoms with E-state index < -0.39 is 11.7 Å². The zero-order valence-corrected chi connectivity index (χ0v) is 16.8. The van der Waals surface area contributed by atoms with Crippen LogP contribution in [-0.2, 0) is 17.5 Å². The zero-order chi connectivity index (χ0) is 21.6. The molecule has 1 heterocycles. The largest absolute Gasteiger partial charge is 0.416 e. The van der Waals surface area contributed by atoms with Crippen LogP contribution in [0.2, 0.25) is 0 Å². The highest BCUT2D eigenvalue weighted by Crippen LogP contribution is 2.32. The van der Waals surface area contributed by atoms with Crippen LogP contribution in [0, 0.1) is 0 Å². The number of rotatable bonds is 7. The molecule has 1 aliphatic rings. The van der Waals surface area contributed by atoms with Crippen molar-refractivity contribution in [1.29, 1.82) is 0 Å². The topological polar surface area (TPSA) is 44.4 Å². The quantitative estimate of drug-likeness (QED) is 0.722. The molecule has 0 radical (unpaired) electrons. The third kappa shape index (κ3) is 5.70. The predicted octanol–water partition coefficient (Wildman–Crippen LogP) is 3.70. The van der Waals surface area contributed by atoms with Crippen LogP contribution in [0.15, 0.2) is 60.7 Å². The molecule has 4 nitrogen and oxygen atoms in total. The first-order valence-corrected chi connectivity index (χ1v) is 9.94. The Kier molecular flexibility index (Phi) is 7.29. The molecule has 1 saturated heterocycles. The maximum absolute atomic E-state index is 13.2. The zero-order valence-electron chi connectivity index (χ0n) is 16.8. The van der Waals surface area contributed by atoms with Gasteiger partial charge in [-0.3, -0.25) is 9.69 Å². The Morgan fingerprint density at radius 2 is 1.83 bits per heavy atom. The van der Waals surface area contributed by atoms with Gasteiger partial charge in [-0.05, 0) is 23.6 Å². The Morgan fingerprint density at radius 3 is 2.53 bits per heavy atom. The van der Waals surface area contributed by atoms with Crippen molar-refractivity contribution in [3.05, 3.63) is 77.4 Å². The number of likely N-dealkylation sites (tertiary alicyclic amines) is 1. The molecule has 0 unspecified atom stereocenters. The van der Waals surface area contributed by atoms with Crippen LogP contribution in [-0.4, -0.2) is 43.0 Å². The summed E-state index contributed by atoms with van der Waals surface area (Å²) in [6, 6.07) is 15.1. The van der Waals surface area contributed by atoms with E-state index in [0.717, 1.165) is 11.6 Å². The minimum Gasteiger partial charge on any atom is -0.358 e. The summed E-state index contributed by atoms with van der Waals surface area (Å²) < 4.78 is 39.6. The maximum Gasteiger partial charge on any atom is 0.416 e. The van der Waals surface area contributed by atoms with Crippen LogP contribution in [0.5, 0.6) is 0 Å². The Bertz CT molecular complexity index is 867. The average Bonchev–Trinajstić information content (AvgIpc) is 3.15. The van der Waals surface area contributed by atoms with Crippen molar-refractivity contribution in [2.75, 3.05) is 20.1 Å². The van der Waals surface area contributed by atoms with Gasteiger partial charge in [0.1, 0.15) is 0 Å². The lowest BCUT2D eigenvalue weighted by atomic mass is 10.1. The minimum atomic E-state index is -4.38. The normalized spacial score (nSPS) is 20.0. The number of carbonyl (C=O) groups is 1. The SMILES string of the molecule is CNC(=O)[C@@H]1C[C@H](NCc2ccccc2C(F)(F)F)CN1C/C=C/c1ccccc1. The molecule has 3 rings (SSSR count). The van der Waals surface area contributed by atoms with Gasteiger partial charge >= 0.3 is 6.18 Å². The van der Waals surface area contributed by atoms with E-state index in [4.69, 9.17) is 0 Å². The van der Waals surface area contributed by atoms with Crippen LogP contribution >= 0.6 is 0 Å². The van der Waals surface area contributed by atoms with Crippen LogP contribution in [0.1, 0.15) is 23.1 Å². The first-order valence-electron chi connectivity index (χ1n) is 9.94. The summed E-state index contributed by atoms with van der Waals surface area (Å²) in [7, 11) is 1.60. The second-order valence-corrected chi connectivity index (χ2v) is 7.37. The van der Waals surface area contributed by atoms with E-state index in [-0.39, 0.29) is 30.1 Å².